The third-order valence-corrected chi connectivity index (χ3v) is 3.07. The lowest BCUT2D eigenvalue weighted by molar-refractivity contribution is 0.432. The molecule has 0 radical (unpaired) electrons. The van der Waals surface area contributed by atoms with Crippen molar-refractivity contribution in [1.29, 1.82) is 0 Å². The third-order valence-electron chi connectivity index (χ3n) is 2.20. The summed E-state index contributed by atoms with van der Waals surface area (Å²) in [4.78, 5) is 9.26. The Balaban J connectivity index is 1.98. The number of aromatic nitrogens is 3. The van der Waals surface area contributed by atoms with Crippen LogP contribution in [0.25, 0.3) is 22.2 Å². The second-order valence-corrected chi connectivity index (χ2v) is 4.32. The fourth-order valence-corrected chi connectivity index (χ4v) is 2.03. The van der Waals surface area contributed by atoms with E-state index in [0.29, 0.717) is 17.5 Å². The lowest BCUT2D eigenvalue weighted by atomic mass is 10.3. The Morgan fingerprint density at radius 1 is 1.24 bits per heavy atom. The van der Waals surface area contributed by atoms with Gasteiger partial charge in [-0.15, -0.1) is 11.3 Å². The second-order valence-electron chi connectivity index (χ2n) is 3.37. The fourth-order valence-electron chi connectivity index (χ4n) is 1.38. The molecule has 0 aromatic carbocycles. The van der Waals surface area contributed by atoms with Gasteiger partial charge in [0.15, 0.2) is 0 Å². The van der Waals surface area contributed by atoms with Crippen LogP contribution in [0.2, 0.25) is 0 Å². The second kappa shape index (κ2) is 3.99. The maximum atomic E-state index is 5.51. The molecule has 0 aliphatic carbocycles. The number of hydrogen-bond acceptors (Lipinski definition) is 6. The van der Waals surface area contributed by atoms with Crippen LogP contribution in [0, 0.1) is 0 Å². The van der Waals surface area contributed by atoms with Crippen LogP contribution in [0.3, 0.4) is 0 Å². The van der Waals surface area contributed by atoms with Gasteiger partial charge in [-0.2, -0.15) is 4.98 Å². The summed E-state index contributed by atoms with van der Waals surface area (Å²) >= 11 is 1.57. The first-order valence-corrected chi connectivity index (χ1v) is 5.80. The van der Waals surface area contributed by atoms with Crippen LogP contribution in [0.5, 0.6) is 0 Å². The van der Waals surface area contributed by atoms with Crippen LogP contribution in [-0.4, -0.2) is 15.1 Å². The van der Waals surface area contributed by atoms with E-state index in [1.807, 2.05) is 17.5 Å². The van der Waals surface area contributed by atoms with Gasteiger partial charge in [-0.1, -0.05) is 11.2 Å². The molecule has 0 atom stereocenters. The minimum atomic E-state index is 0.445. The molecule has 0 spiro atoms. The molecule has 3 aromatic heterocycles. The quantitative estimate of drug-likeness (QED) is 0.749. The summed E-state index contributed by atoms with van der Waals surface area (Å²) in [5.74, 6) is 1.50. The minimum absolute atomic E-state index is 0.445. The van der Waals surface area contributed by atoms with Gasteiger partial charge in [-0.25, -0.2) is 4.98 Å². The summed E-state index contributed by atoms with van der Waals surface area (Å²) in [5, 5.41) is 5.89. The standard InChI is InChI=1S/C11H8N4OS/c12-9-4-3-7(6-13-9)11-14-10(15-16-11)8-2-1-5-17-8/h1-6H,(H2,12,13). The first kappa shape index (κ1) is 9.98. The summed E-state index contributed by atoms with van der Waals surface area (Å²) < 4.78 is 5.18. The Bertz CT molecular complexity index is 615. The van der Waals surface area contributed by atoms with Gasteiger partial charge in [0.2, 0.25) is 5.82 Å². The Morgan fingerprint density at radius 2 is 2.18 bits per heavy atom. The van der Waals surface area contributed by atoms with E-state index in [0.717, 1.165) is 10.4 Å². The van der Waals surface area contributed by atoms with Gasteiger partial charge in [0, 0.05) is 6.20 Å². The van der Waals surface area contributed by atoms with Gasteiger partial charge >= 0.3 is 0 Å². The smallest absolute Gasteiger partial charge is 0.259 e. The van der Waals surface area contributed by atoms with Crippen LogP contribution in [0.15, 0.2) is 40.4 Å². The molecule has 2 N–H and O–H groups in total. The van der Waals surface area contributed by atoms with Gasteiger partial charge in [0.25, 0.3) is 5.89 Å². The summed E-state index contributed by atoms with van der Waals surface area (Å²) in [6.07, 6.45) is 1.61. The van der Waals surface area contributed by atoms with Gasteiger partial charge < -0.3 is 10.3 Å². The van der Waals surface area contributed by atoms with E-state index in [2.05, 4.69) is 15.1 Å². The van der Waals surface area contributed by atoms with Gasteiger partial charge in [0.1, 0.15) is 5.82 Å². The highest BCUT2D eigenvalue weighted by Crippen LogP contribution is 2.24. The SMILES string of the molecule is Nc1ccc(-c2nc(-c3cccs3)no2)cn1. The van der Waals surface area contributed by atoms with Crippen molar-refractivity contribution in [3.63, 3.8) is 0 Å². The normalized spacial score (nSPS) is 10.6. The zero-order valence-electron chi connectivity index (χ0n) is 8.70. The van der Waals surface area contributed by atoms with Gasteiger partial charge in [-0.05, 0) is 23.6 Å². The molecule has 0 saturated heterocycles. The predicted octanol–water partition coefficient (Wildman–Crippen LogP) is 2.44. The van der Waals surface area contributed by atoms with Gasteiger partial charge in [-0.3, -0.25) is 0 Å². The zero-order valence-corrected chi connectivity index (χ0v) is 9.52. The fraction of sp³-hybridized carbons (Fsp3) is 0. The van der Waals surface area contributed by atoms with E-state index in [-0.39, 0.29) is 0 Å². The zero-order chi connectivity index (χ0) is 11.7. The van der Waals surface area contributed by atoms with Crippen molar-refractivity contribution >= 4 is 17.2 Å². The van der Waals surface area contributed by atoms with E-state index < -0.39 is 0 Å². The van der Waals surface area contributed by atoms with Crippen molar-refractivity contribution in [1.82, 2.24) is 15.1 Å². The lowest BCUT2D eigenvalue weighted by Gasteiger charge is -1.93. The molecule has 84 valence electrons. The molecule has 5 nitrogen and oxygen atoms in total. The monoisotopic (exact) mass is 244 g/mol. The van der Waals surface area contributed by atoms with Crippen molar-refractivity contribution in [3.05, 3.63) is 35.8 Å². The van der Waals surface area contributed by atoms with Gasteiger partial charge in [0.05, 0.1) is 10.4 Å². The lowest BCUT2D eigenvalue weighted by Crippen LogP contribution is -1.88. The molecule has 0 bridgehead atoms. The van der Waals surface area contributed by atoms with E-state index in [9.17, 15) is 0 Å². The van der Waals surface area contributed by atoms with Crippen molar-refractivity contribution in [3.8, 4) is 22.2 Å². The molecule has 17 heavy (non-hydrogen) atoms. The average Bonchev–Trinajstić information content (AvgIpc) is 3.00. The molecule has 0 unspecified atom stereocenters. The molecule has 3 aromatic rings. The third kappa shape index (κ3) is 1.90. The van der Waals surface area contributed by atoms with E-state index >= 15 is 0 Å². The summed E-state index contributed by atoms with van der Waals surface area (Å²) in [5.41, 5.74) is 6.27. The van der Waals surface area contributed by atoms with Crippen LogP contribution >= 0.6 is 11.3 Å². The predicted molar refractivity (Wildman–Crippen MR) is 65.3 cm³/mol. The Morgan fingerprint density at radius 3 is 2.88 bits per heavy atom. The number of nitrogens with zero attached hydrogens (tertiary/aromatic N) is 3. The molecule has 0 aliphatic rings. The molecule has 6 heteroatoms. The number of rotatable bonds is 2. The molecule has 0 amide bonds. The van der Waals surface area contributed by atoms with E-state index in [4.69, 9.17) is 10.3 Å². The maximum Gasteiger partial charge on any atom is 0.259 e. The Labute approximate surface area is 101 Å². The highest BCUT2D eigenvalue weighted by atomic mass is 32.1. The topological polar surface area (TPSA) is 77.8 Å². The van der Waals surface area contributed by atoms with Crippen LogP contribution in [0.4, 0.5) is 5.82 Å². The maximum absolute atomic E-state index is 5.51. The van der Waals surface area contributed by atoms with Crippen LogP contribution in [0.1, 0.15) is 0 Å². The largest absolute Gasteiger partial charge is 0.384 e. The first-order valence-electron chi connectivity index (χ1n) is 4.92. The first-order chi connectivity index (χ1) is 8.33. The number of thiophene rings is 1. The van der Waals surface area contributed by atoms with Crippen LogP contribution in [-0.2, 0) is 0 Å². The number of hydrogen-bond donors (Lipinski definition) is 1. The van der Waals surface area contributed by atoms with Crippen molar-refractivity contribution in [2.75, 3.05) is 5.73 Å². The van der Waals surface area contributed by atoms with Crippen molar-refractivity contribution in [2.24, 2.45) is 0 Å². The van der Waals surface area contributed by atoms with E-state index in [1.54, 1.807) is 29.7 Å². The minimum Gasteiger partial charge on any atom is -0.384 e. The molecule has 0 aliphatic heterocycles. The summed E-state index contributed by atoms with van der Waals surface area (Å²) in [6, 6.07) is 7.39. The number of pyridine rings is 1. The summed E-state index contributed by atoms with van der Waals surface area (Å²) in [6.45, 7) is 0. The summed E-state index contributed by atoms with van der Waals surface area (Å²) in [7, 11) is 0. The van der Waals surface area contributed by atoms with E-state index in [1.165, 1.54) is 0 Å². The molecule has 0 saturated carbocycles. The number of nitrogens with two attached hydrogens (primary N) is 1. The van der Waals surface area contributed by atoms with Crippen molar-refractivity contribution in [2.45, 2.75) is 0 Å². The molecule has 0 fully saturated rings. The molecular formula is C11H8N4OS. The molecular weight excluding hydrogens is 236 g/mol. The average molecular weight is 244 g/mol. The number of anilines is 1. The van der Waals surface area contributed by atoms with Crippen LogP contribution < -0.4 is 5.73 Å². The Kier molecular flexibility index (Phi) is 2.34. The number of nitrogen functional groups attached to an aromatic ring is 1. The highest BCUT2D eigenvalue weighted by Gasteiger charge is 2.11. The molecule has 3 rings (SSSR count). The Hall–Kier alpha value is -2.21. The highest BCUT2D eigenvalue weighted by molar-refractivity contribution is 7.13. The van der Waals surface area contributed by atoms with Crippen molar-refractivity contribution < 1.29 is 4.52 Å². The molecule has 3 heterocycles.